The highest BCUT2D eigenvalue weighted by Gasteiger charge is 2.11. The third kappa shape index (κ3) is 4.82. The van der Waals surface area contributed by atoms with Gasteiger partial charge in [-0.25, -0.2) is 4.39 Å². The summed E-state index contributed by atoms with van der Waals surface area (Å²) < 4.78 is 17.9. The molecule has 0 aliphatic rings. The molecule has 94 valence electrons. The molecule has 0 saturated carbocycles. The van der Waals surface area contributed by atoms with E-state index in [0.29, 0.717) is 5.69 Å². The number of carbonyl (C=O) groups is 1. The van der Waals surface area contributed by atoms with Crippen LogP contribution < -0.4 is 5.32 Å². The molecule has 0 spiro atoms. The number of hydrogen-bond acceptors (Lipinski definition) is 4. The van der Waals surface area contributed by atoms with E-state index in [1.807, 2.05) is 0 Å². The normalized spacial score (nSPS) is 11.9. The largest absolute Gasteiger partial charge is 0.466 e. The van der Waals surface area contributed by atoms with Crippen LogP contribution in [-0.2, 0) is 9.53 Å². The Morgan fingerprint density at radius 2 is 2.24 bits per heavy atom. The summed E-state index contributed by atoms with van der Waals surface area (Å²) in [5.41, 5.74) is 0.301. The lowest BCUT2D eigenvalue weighted by Crippen LogP contribution is -2.24. The third-order valence-electron chi connectivity index (χ3n) is 2.11. The van der Waals surface area contributed by atoms with Gasteiger partial charge in [0.2, 0.25) is 0 Å². The van der Waals surface area contributed by atoms with Crippen LogP contribution in [0.15, 0.2) is 24.3 Å². The second-order valence-corrected chi connectivity index (χ2v) is 3.52. The molecule has 17 heavy (non-hydrogen) atoms. The number of hydrogen-bond donors (Lipinski definition) is 2. The van der Waals surface area contributed by atoms with Crippen molar-refractivity contribution in [3.8, 4) is 0 Å². The Hall–Kier alpha value is -1.62. The van der Waals surface area contributed by atoms with Gasteiger partial charge in [0.25, 0.3) is 0 Å². The van der Waals surface area contributed by atoms with Crippen molar-refractivity contribution in [2.24, 2.45) is 0 Å². The molecule has 1 rings (SSSR count). The monoisotopic (exact) mass is 241 g/mol. The number of aliphatic hydroxyl groups is 1. The molecule has 1 aromatic carbocycles. The van der Waals surface area contributed by atoms with Crippen LogP contribution in [0.25, 0.3) is 0 Å². The van der Waals surface area contributed by atoms with E-state index >= 15 is 0 Å². The van der Waals surface area contributed by atoms with Gasteiger partial charge in [-0.05, 0) is 19.1 Å². The van der Waals surface area contributed by atoms with Crippen LogP contribution in [-0.4, -0.2) is 30.3 Å². The van der Waals surface area contributed by atoms with Gasteiger partial charge >= 0.3 is 5.97 Å². The average Bonchev–Trinajstić information content (AvgIpc) is 2.28. The van der Waals surface area contributed by atoms with Crippen molar-refractivity contribution in [2.75, 3.05) is 18.5 Å². The summed E-state index contributed by atoms with van der Waals surface area (Å²) in [6.45, 7) is 2.08. The second kappa shape index (κ2) is 6.85. The molecule has 0 radical (unpaired) electrons. The zero-order chi connectivity index (χ0) is 12.7. The Morgan fingerprint density at radius 1 is 1.53 bits per heavy atom. The van der Waals surface area contributed by atoms with Gasteiger partial charge in [0.05, 0.1) is 24.8 Å². The Bertz CT molecular complexity index is 371. The number of benzene rings is 1. The Morgan fingerprint density at radius 3 is 2.88 bits per heavy atom. The van der Waals surface area contributed by atoms with Crippen LogP contribution in [0.3, 0.4) is 0 Å². The maximum Gasteiger partial charge on any atom is 0.308 e. The van der Waals surface area contributed by atoms with Gasteiger partial charge in [-0.2, -0.15) is 0 Å². The van der Waals surface area contributed by atoms with E-state index in [9.17, 15) is 14.3 Å². The predicted octanol–water partition coefficient (Wildman–Crippen LogP) is 1.55. The van der Waals surface area contributed by atoms with Crippen LogP contribution in [0.5, 0.6) is 0 Å². The Labute approximate surface area is 99.4 Å². The van der Waals surface area contributed by atoms with E-state index in [2.05, 4.69) is 10.1 Å². The fourth-order valence-corrected chi connectivity index (χ4v) is 1.32. The first-order valence-electron chi connectivity index (χ1n) is 5.45. The lowest BCUT2D eigenvalue weighted by Gasteiger charge is -2.12. The second-order valence-electron chi connectivity index (χ2n) is 3.52. The molecule has 1 aromatic rings. The standard InChI is InChI=1S/C12H16FNO3/c1-2-17-12(16)7-9(15)8-14-11-6-4-3-5-10(11)13/h3-6,9,14-15H,2,7-8H2,1H3. The van der Waals surface area contributed by atoms with Gasteiger partial charge in [0.15, 0.2) is 0 Å². The number of aliphatic hydroxyl groups excluding tert-OH is 1. The number of para-hydroxylation sites is 1. The lowest BCUT2D eigenvalue weighted by atomic mass is 10.2. The topological polar surface area (TPSA) is 58.6 Å². The van der Waals surface area contributed by atoms with Crippen LogP contribution in [0.2, 0.25) is 0 Å². The van der Waals surface area contributed by atoms with Gasteiger partial charge in [-0.15, -0.1) is 0 Å². The number of anilines is 1. The van der Waals surface area contributed by atoms with Gasteiger partial charge in [0.1, 0.15) is 5.82 Å². The van der Waals surface area contributed by atoms with Crippen molar-refractivity contribution < 1.29 is 19.0 Å². The lowest BCUT2D eigenvalue weighted by molar-refractivity contribution is -0.145. The fraction of sp³-hybridized carbons (Fsp3) is 0.417. The number of nitrogens with one attached hydrogen (secondary N) is 1. The molecule has 0 saturated heterocycles. The van der Waals surface area contributed by atoms with Crippen molar-refractivity contribution in [1.29, 1.82) is 0 Å². The fourth-order valence-electron chi connectivity index (χ4n) is 1.32. The van der Waals surface area contributed by atoms with Crippen LogP contribution >= 0.6 is 0 Å². The molecule has 1 atom stereocenters. The summed E-state index contributed by atoms with van der Waals surface area (Å²) in [6.07, 6.45) is -0.997. The molecule has 1 unspecified atom stereocenters. The van der Waals surface area contributed by atoms with Gasteiger partial charge in [-0.1, -0.05) is 12.1 Å². The molecule has 2 N–H and O–H groups in total. The smallest absolute Gasteiger partial charge is 0.308 e. The van der Waals surface area contributed by atoms with Gasteiger partial charge in [0, 0.05) is 6.54 Å². The zero-order valence-corrected chi connectivity index (χ0v) is 9.65. The predicted molar refractivity (Wildman–Crippen MR) is 62.1 cm³/mol. The SMILES string of the molecule is CCOC(=O)CC(O)CNc1ccccc1F. The molecule has 0 fully saturated rings. The molecule has 0 heterocycles. The van der Waals surface area contributed by atoms with E-state index in [1.54, 1.807) is 25.1 Å². The molecule has 0 bridgehead atoms. The van der Waals surface area contributed by atoms with Crippen molar-refractivity contribution in [3.05, 3.63) is 30.1 Å². The molecule has 0 amide bonds. The van der Waals surface area contributed by atoms with Gasteiger partial charge < -0.3 is 15.2 Å². The maximum absolute atomic E-state index is 13.2. The number of rotatable bonds is 6. The Balaban J connectivity index is 2.35. The van der Waals surface area contributed by atoms with Crippen molar-refractivity contribution in [1.82, 2.24) is 0 Å². The highest BCUT2D eigenvalue weighted by molar-refractivity contribution is 5.70. The maximum atomic E-state index is 13.2. The quantitative estimate of drug-likeness (QED) is 0.742. The molecular weight excluding hydrogens is 225 g/mol. The first kappa shape index (κ1) is 13.4. The minimum atomic E-state index is -0.895. The summed E-state index contributed by atoms with van der Waals surface area (Å²) in [5, 5.41) is 12.2. The van der Waals surface area contributed by atoms with Crippen molar-refractivity contribution in [2.45, 2.75) is 19.4 Å². The van der Waals surface area contributed by atoms with Crippen molar-refractivity contribution >= 4 is 11.7 Å². The molecule has 0 aliphatic carbocycles. The molecular formula is C12H16FNO3. The zero-order valence-electron chi connectivity index (χ0n) is 9.65. The third-order valence-corrected chi connectivity index (χ3v) is 2.11. The first-order chi connectivity index (χ1) is 8.13. The first-order valence-corrected chi connectivity index (χ1v) is 5.45. The molecule has 0 aromatic heterocycles. The van der Waals surface area contributed by atoms with E-state index in [-0.39, 0.29) is 19.6 Å². The number of carbonyl (C=O) groups excluding carboxylic acids is 1. The van der Waals surface area contributed by atoms with Crippen LogP contribution in [0.4, 0.5) is 10.1 Å². The summed E-state index contributed by atoms with van der Waals surface area (Å²) in [4.78, 5) is 11.0. The average molecular weight is 241 g/mol. The number of esters is 1. The minimum Gasteiger partial charge on any atom is -0.466 e. The summed E-state index contributed by atoms with van der Waals surface area (Å²) >= 11 is 0. The van der Waals surface area contributed by atoms with E-state index in [0.717, 1.165) is 0 Å². The summed E-state index contributed by atoms with van der Waals surface area (Å²) in [7, 11) is 0. The highest BCUT2D eigenvalue weighted by Crippen LogP contribution is 2.12. The van der Waals surface area contributed by atoms with Crippen LogP contribution in [0, 0.1) is 5.82 Å². The Kier molecular flexibility index (Phi) is 5.42. The number of halogens is 1. The molecule has 4 nitrogen and oxygen atoms in total. The van der Waals surface area contributed by atoms with Gasteiger partial charge in [-0.3, -0.25) is 4.79 Å². The van der Waals surface area contributed by atoms with Crippen LogP contribution in [0.1, 0.15) is 13.3 Å². The summed E-state index contributed by atoms with van der Waals surface area (Å²) in [5.74, 6) is -0.855. The minimum absolute atomic E-state index is 0.0970. The van der Waals surface area contributed by atoms with Crippen molar-refractivity contribution in [3.63, 3.8) is 0 Å². The highest BCUT2D eigenvalue weighted by atomic mass is 19.1. The molecule has 0 aliphatic heterocycles. The molecule has 5 heteroatoms. The van der Waals surface area contributed by atoms with E-state index in [4.69, 9.17) is 0 Å². The number of ether oxygens (including phenoxy) is 1. The van der Waals surface area contributed by atoms with E-state index < -0.39 is 17.9 Å². The van der Waals surface area contributed by atoms with E-state index in [1.165, 1.54) is 6.07 Å². The summed E-state index contributed by atoms with van der Waals surface area (Å²) in [6, 6.07) is 6.14.